The average molecular weight is 650 g/mol. The third-order valence-corrected chi connectivity index (χ3v) is 7.78. The molecule has 0 aliphatic rings. The largest absolute Gasteiger partial charge is 0.544 e. The Bertz CT molecular complexity index is 860. The lowest BCUT2D eigenvalue weighted by Crippen LogP contribution is -2.55. The number of ether oxygens (including phenoxy) is 3. The maximum atomic E-state index is 12.5. The average Bonchev–Trinajstić information content (AvgIpc) is 3.00. The van der Waals surface area contributed by atoms with Crippen LogP contribution in [0.5, 0.6) is 0 Å². The Labute approximate surface area is 281 Å². The van der Waals surface area contributed by atoms with Gasteiger partial charge in [0.25, 0.3) is 0 Å². The zero-order valence-electron chi connectivity index (χ0n) is 30.0. The van der Waals surface area contributed by atoms with E-state index < -0.39 is 18.1 Å². The van der Waals surface area contributed by atoms with E-state index in [0.717, 1.165) is 64.2 Å². The van der Waals surface area contributed by atoms with E-state index in [-0.39, 0.29) is 42.7 Å². The molecule has 0 spiro atoms. The first-order chi connectivity index (χ1) is 22.1. The van der Waals surface area contributed by atoms with Gasteiger partial charge in [-0.2, -0.15) is 0 Å². The number of esters is 2. The van der Waals surface area contributed by atoms with Crippen molar-refractivity contribution in [2.24, 2.45) is 0 Å². The molecule has 0 aliphatic carbocycles. The fourth-order valence-corrected chi connectivity index (χ4v) is 4.90. The SMILES string of the molecule is CCCCC/C=C\C/C=C\C/C=C\CCCCCCCCC(=O)OC(COCCC(C(=O)[O-])[N+](C)(C)C)COC(=O)CCCCC. The standard InChI is InChI=1S/C38H67NO7/c1-6-8-10-11-12-13-14-15-16-17-18-19-20-21-22-23-24-25-27-29-37(41)46-34(33-45-36(40)28-26-9-7-2)32-44-31-30-35(38(42)43)39(3,4)5/h12-13,15-16,18-19,34-35H,6-11,14,17,20-33H2,1-5H3/b13-12-,16-15-,19-18-. The number of unbranched alkanes of at least 4 members (excludes halogenated alkanes) is 11. The summed E-state index contributed by atoms with van der Waals surface area (Å²) < 4.78 is 16.8. The van der Waals surface area contributed by atoms with Gasteiger partial charge in [-0.15, -0.1) is 0 Å². The number of hydrogen-bond acceptors (Lipinski definition) is 7. The van der Waals surface area contributed by atoms with Crippen LogP contribution in [0.3, 0.4) is 0 Å². The van der Waals surface area contributed by atoms with Crippen molar-refractivity contribution in [1.29, 1.82) is 0 Å². The number of quaternary nitrogens is 1. The number of aliphatic carboxylic acids is 1. The normalized spacial score (nSPS) is 13.5. The number of nitrogens with zero attached hydrogens (tertiary/aromatic N) is 1. The number of hydrogen-bond donors (Lipinski definition) is 0. The minimum atomic E-state index is -1.13. The molecule has 2 atom stereocenters. The minimum Gasteiger partial charge on any atom is -0.544 e. The molecule has 0 aromatic rings. The van der Waals surface area contributed by atoms with Crippen molar-refractivity contribution in [2.75, 3.05) is 41.0 Å². The van der Waals surface area contributed by atoms with Gasteiger partial charge in [0, 0.05) is 19.3 Å². The lowest BCUT2D eigenvalue weighted by molar-refractivity contribution is -0.889. The zero-order valence-corrected chi connectivity index (χ0v) is 30.0. The van der Waals surface area contributed by atoms with Crippen LogP contribution in [-0.4, -0.2) is 75.5 Å². The fraction of sp³-hybridized carbons (Fsp3) is 0.763. The van der Waals surface area contributed by atoms with Crippen LogP contribution in [0.25, 0.3) is 0 Å². The van der Waals surface area contributed by atoms with Gasteiger partial charge in [0.15, 0.2) is 6.10 Å². The highest BCUT2D eigenvalue weighted by atomic mass is 16.6. The van der Waals surface area contributed by atoms with Crippen molar-refractivity contribution < 1.29 is 38.2 Å². The molecular weight excluding hydrogens is 582 g/mol. The maximum absolute atomic E-state index is 12.5. The molecule has 0 heterocycles. The van der Waals surface area contributed by atoms with E-state index in [9.17, 15) is 19.5 Å². The summed E-state index contributed by atoms with van der Waals surface area (Å²) in [5.74, 6) is -1.79. The molecule has 0 aromatic carbocycles. The molecule has 0 aromatic heterocycles. The van der Waals surface area contributed by atoms with E-state index in [1.807, 2.05) is 0 Å². The van der Waals surface area contributed by atoms with Gasteiger partial charge in [-0.05, 0) is 51.4 Å². The smallest absolute Gasteiger partial charge is 0.306 e. The highest BCUT2D eigenvalue weighted by Crippen LogP contribution is 2.12. The number of rotatable bonds is 31. The summed E-state index contributed by atoms with van der Waals surface area (Å²) in [6.45, 7) is 4.42. The molecule has 0 N–H and O–H groups in total. The van der Waals surface area contributed by atoms with E-state index in [1.54, 1.807) is 21.1 Å². The van der Waals surface area contributed by atoms with Gasteiger partial charge < -0.3 is 28.6 Å². The third kappa shape index (κ3) is 27.8. The molecule has 0 saturated carbocycles. The Morgan fingerprint density at radius 3 is 1.74 bits per heavy atom. The van der Waals surface area contributed by atoms with Gasteiger partial charge in [-0.3, -0.25) is 9.59 Å². The van der Waals surface area contributed by atoms with Gasteiger partial charge >= 0.3 is 11.9 Å². The molecule has 0 amide bonds. The van der Waals surface area contributed by atoms with Crippen LogP contribution < -0.4 is 5.11 Å². The number of carboxylic acids is 1. The lowest BCUT2D eigenvalue weighted by atomic mass is 10.1. The number of likely N-dealkylation sites (N-methyl/N-ethyl adjacent to an activating group) is 1. The third-order valence-electron chi connectivity index (χ3n) is 7.78. The molecular formula is C38H67NO7. The first kappa shape index (κ1) is 43.5. The van der Waals surface area contributed by atoms with Gasteiger partial charge in [0.05, 0.1) is 40.3 Å². The van der Waals surface area contributed by atoms with Gasteiger partial charge in [-0.25, -0.2) is 0 Å². The second-order valence-corrected chi connectivity index (χ2v) is 13.1. The van der Waals surface area contributed by atoms with E-state index in [0.29, 0.717) is 12.8 Å². The van der Waals surface area contributed by atoms with Crippen molar-refractivity contribution in [3.63, 3.8) is 0 Å². The van der Waals surface area contributed by atoms with Crippen LogP contribution in [0.1, 0.15) is 136 Å². The highest BCUT2D eigenvalue weighted by Gasteiger charge is 2.25. The summed E-state index contributed by atoms with van der Waals surface area (Å²) in [4.78, 5) is 36.1. The number of allylic oxidation sites excluding steroid dienone is 6. The number of carbonyl (C=O) groups is 3. The fourth-order valence-electron chi connectivity index (χ4n) is 4.90. The maximum Gasteiger partial charge on any atom is 0.306 e. The van der Waals surface area contributed by atoms with Crippen LogP contribution in [0.2, 0.25) is 0 Å². The summed E-state index contributed by atoms with van der Waals surface area (Å²) in [7, 11) is 5.37. The Morgan fingerprint density at radius 2 is 1.15 bits per heavy atom. The van der Waals surface area contributed by atoms with E-state index in [4.69, 9.17) is 14.2 Å². The molecule has 2 unspecified atom stereocenters. The molecule has 8 nitrogen and oxygen atoms in total. The number of carbonyl (C=O) groups excluding carboxylic acids is 3. The number of carboxylic acid groups (broad SMARTS) is 1. The molecule has 266 valence electrons. The molecule has 46 heavy (non-hydrogen) atoms. The van der Waals surface area contributed by atoms with Crippen molar-refractivity contribution >= 4 is 17.9 Å². The predicted octanol–water partition coefficient (Wildman–Crippen LogP) is 7.40. The van der Waals surface area contributed by atoms with Crippen molar-refractivity contribution in [3.05, 3.63) is 36.5 Å². The van der Waals surface area contributed by atoms with Crippen molar-refractivity contribution in [1.82, 2.24) is 0 Å². The second kappa shape index (κ2) is 29.9. The zero-order chi connectivity index (χ0) is 34.3. The topological polar surface area (TPSA) is 102 Å². The second-order valence-electron chi connectivity index (χ2n) is 13.1. The first-order valence-electron chi connectivity index (χ1n) is 18.0. The Hall–Kier alpha value is -2.45. The van der Waals surface area contributed by atoms with Gasteiger partial charge in [0.1, 0.15) is 12.6 Å². The molecule has 0 fully saturated rings. The molecule has 8 heteroatoms. The molecule has 0 saturated heterocycles. The monoisotopic (exact) mass is 649 g/mol. The van der Waals surface area contributed by atoms with E-state index in [1.165, 1.54) is 38.5 Å². The first-order valence-corrected chi connectivity index (χ1v) is 18.0. The van der Waals surface area contributed by atoms with Crippen LogP contribution >= 0.6 is 0 Å². The summed E-state index contributed by atoms with van der Waals surface area (Å²) in [5.41, 5.74) is 0. The molecule has 0 bridgehead atoms. The Balaban J connectivity index is 4.22. The summed E-state index contributed by atoms with van der Waals surface area (Å²) >= 11 is 0. The minimum absolute atomic E-state index is 0.0339. The lowest BCUT2D eigenvalue weighted by Gasteiger charge is -2.34. The summed E-state index contributed by atoms with van der Waals surface area (Å²) in [6.07, 6.45) is 30.9. The molecule has 0 aliphatic heterocycles. The summed E-state index contributed by atoms with van der Waals surface area (Å²) in [5, 5.41) is 11.5. The quantitative estimate of drug-likeness (QED) is 0.0334. The highest BCUT2D eigenvalue weighted by molar-refractivity contribution is 5.70. The molecule has 0 rings (SSSR count). The summed E-state index contributed by atoms with van der Waals surface area (Å²) in [6, 6.07) is -0.723. The van der Waals surface area contributed by atoms with Gasteiger partial charge in [-0.1, -0.05) is 102 Å². The van der Waals surface area contributed by atoms with Crippen LogP contribution in [0.4, 0.5) is 0 Å². The van der Waals surface area contributed by atoms with Crippen LogP contribution in [0.15, 0.2) is 36.5 Å². The van der Waals surface area contributed by atoms with E-state index >= 15 is 0 Å². The van der Waals surface area contributed by atoms with Gasteiger partial charge in [0.2, 0.25) is 0 Å². The van der Waals surface area contributed by atoms with Crippen LogP contribution in [-0.2, 0) is 28.6 Å². The molecule has 0 radical (unpaired) electrons. The van der Waals surface area contributed by atoms with E-state index in [2.05, 4.69) is 50.3 Å². The van der Waals surface area contributed by atoms with Crippen molar-refractivity contribution in [3.8, 4) is 0 Å². The Kier molecular flexibility index (Phi) is 28.3. The van der Waals surface area contributed by atoms with Crippen LogP contribution in [0, 0.1) is 0 Å². The van der Waals surface area contributed by atoms with Crippen molar-refractivity contribution in [2.45, 2.75) is 148 Å². The Morgan fingerprint density at radius 1 is 0.652 bits per heavy atom. The predicted molar refractivity (Wildman–Crippen MR) is 185 cm³/mol.